The van der Waals surface area contributed by atoms with Crippen molar-refractivity contribution in [2.45, 2.75) is 48.1 Å². The van der Waals surface area contributed by atoms with Crippen LogP contribution in [0.3, 0.4) is 0 Å². The maximum Gasteiger partial charge on any atom is 0.170 e. The van der Waals surface area contributed by atoms with Gasteiger partial charge in [0.2, 0.25) is 0 Å². The quantitative estimate of drug-likeness (QED) is 0.0699. The zero-order chi connectivity index (χ0) is 53.2. The van der Waals surface area contributed by atoms with Crippen molar-refractivity contribution < 1.29 is 45.3 Å². The SMILES string of the molecule is COc1cccc(OC)c1-n1c(CS(=O)(=O)[C@@H](C)[C@H](OC)c2ccc(Cl)cn2)nnc1-c1cccnc1.COc1cccc(OC)c1-n1c(CS(=O)(=O)[C@H](C)[C@@H](OC)c2ccc(Cl)cn2)nnc1-c1cccnc1. The van der Waals surface area contributed by atoms with E-state index in [1.807, 2.05) is 12.1 Å². The number of sulfone groups is 2. The summed E-state index contributed by atoms with van der Waals surface area (Å²) in [6.07, 6.45) is 7.77. The number of aromatic nitrogens is 10. The van der Waals surface area contributed by atoms with Gasteiger partial charge < -0.3 is 28.4 Å². The molecular formula is C50H52Cl2N10O10S2. The highest BCUT2D eigenvalue weighted by molar-refractivity contribution is 7.91. The van der Waals surface area contributed by atoms with Crippen LogP contribution in [-0.4, -0.2) is 119 Å². The molecule has 0 aliphatic heterocycles. The van der Waals surface area contributed by atoms with E-state index in [2.05, 4.69) is 40.3 Å². The fourth-order valence-corrected chi connectivity index (χ4v) is 11.1. The van der Waals surface area contributed by atoms with Crippen molar-refractivity contribution in [3.63, 3.8) is 0 Å². The smallest absolute Gasteiger partial charge is 0.170 e. The van der Waals surface area contributed by atoms with Crippen LogP contribution in [0.1, 0.15) is 49.1 Å². The topological polar surface area (TPSA) is 237 Å². The molecule has 0 fully saturated rings. The Morgan fingerprint density at radius 3 is 1.14 bits per heavy atom. The van der Waals surface area contributed by atoms with Gasteiger partial charge in [0.25, 0.3) is 0 Å². The fourth-order valence-electron chi connectivity index (χ4n) is 7.97. The molecule has 6 heterocycles. The Hall–Kier alpha value is -7.08. The molecule has 0 bridgehead atoms. The monoisotopic (exact) mass is 1090 g/mol. The van der Waals surface area contributed by atoms with Crippen LogP contribution in [-0.2, 0) is 40.7 Å². The van der Waals surface area contributed by atoms with E-state index in [-0.39, 0.29) is 11.6 Å². The molecule has 4 atom stereocenters. The summed E-state index contributed by atoms with van der Waals surface area (Å²) in [6.45, 7) is 3.15. The number of para-hydroxylation sites is 2. The number of halogens is 2. The van der Waals surface area contributed by atoms with Crippen LogP contribution in [0.4, 0.5) is 0 Å². The molecular weight excluding hydrogens is 1040 g/mol. The second-order valence-corrected chi connectivity index (χ2v) is 21.8. The Morgan fingerprint density at radius 2 is 0.851 bits per heavy atom. The zero-order valence-electron chi connectivity index (χ0n) is 41.4. The van der Waals surface area contributed by atoms with E-state index < -0.39 is 53.9 Å². The summed E-state index contributed by atoms with van der Waals surface area (Å²) in [7, 11) is 1.28. The van der Waals surface area contributed by atoms with E-state index in [4.69, 9.17) is 51.6 Å². The van der Waals surface area contributed by atoms with Crippen LogP contribution in [0.15, 0.2) is 122 Å². The van der Waals surface area contributed by atoms with E-state index in [9.17, 15) is 16.8 Å². The van der Waals surface area contributed by atoms with E-state index >= 15 is 0 Å². The van der Waals surface area contributed by atoms with Crippen LogP contribution >= 0.6 is 23.2 Å². The lowest BCUT2D eigenvalue weighted by molar-refractivity contribution is 0.0986. The molecule has 0 amide bonds. The number of methoxy groups -OCH3 is 6. The van der Waals surface area contributed by atoms with Gasteiger partial charge in [0, 0.05) is 62.5 Å². The summed E-state index contributed by atoms with van der Waals surface area (Å²) in [6, 6.07) is 24.2. The first kappa shape index (κ1) is 54.7. The molecule has 0 spiro atoms. The normalized spacial score (nSPS) is 13.2. The van der Waals surface area contributed by atoms with Crippen molar-refractivity contribution in [3.05, 3.63) is 155 Å². The first-order chi connectivity index (χ1) is 35.6. The molecule has 74 heavy (non-hydrogen) atoms. The van der Waals surface area contributed by atoms with E-state index in [1.54, 1.807) is 121 Å². The van der Waals surface area contributed by atoms with Gasteiger partial charge in [-0.25, -0.2) is 16.8 Å². The second kappa shape index (κ2) is 24.3. The molecule has 6 aromatic heterocycles. The average molecular weight is 1090 g/mol. The van der Waals surface area contributed by atoms with Gasteiger partial charge in [-0.15, -0.1) is 20.4 Å². The summed E-state index contributed by atoms with van der Waals surface area (Å²) >= 11 is 11.9. The van der Waals surface area contributed by atoms with Gasteiger partial charge in [-0.3, -0.25) is 29.1 Å². The highest BCUT2D eigenvalue weighted by atomic mass is 35.5. The Bertz CT molecular complexity index is 3110. The third-order valence-electron chi connectivity index (χ3n) is 11.8. The number of hydrogen-bond acceptors (Lipinski definition) is 18. The largest absolute Gasteiger partial charge is 0.494 e. The molecule has 0 saturated carbocycles. The molecule has 8 rings (SSSR count). The summed E-state index contributed by atoms with van der Waals surface area (Å²) in [5, 5.41) is 16.2. The van der Waals surface area contributed by atoms with Gasteiger partial charge in [0.1, 0.15) is 58.1 Å². The van der Waals surface area contributed by atoms with Crippen LogP contribution in [0, 0.1) is 0 Å². The van der Waals surface area contributed by atoms with Gasteiger partial charge in [0.15, 0.2) is 43.0 Å². The molecule has 2 aromatic carbocycles. The van der Waals surface area contributed by atoms with E-state index in [0.717, 1.165) is 0 Å². The number of ether oxygens (including phenoxy) is 6. The van der Waals surface area contributed by atoms with Gasteiger partial charge in [-0.1, -0.05) is 35.3 Å². The minimum absolute atomic E-state index is 0.174. The van der Waals surface area contributed by atoms with Crippen molar-refractivity contribution in [1.82, 2.24) is 49.5 Å². The summed E-state index contributed by atoms with van der Waals surface area (Å²) in [4.78, 5) is 16.8. The molecule has 0 unspecified atom stereocenters. The highest BCUT2D eigenvalue weighted by Gasteiger charge is 2.36. The molecule has 0 radical (unpaired) electrons. The first-order valence-corrected chi connectivity index (χ1v) is 26.6. The van der Waals surface area contributed by atoms with Gasteiger partial charge >= 0.3 is 0 Å². The van der Waals surface area contributed by atoms with Gasteiger partial charge in [0.05, 0.1) is 60.4 Å². The van der Waals surface area contributed by atoms with Crippen LogP contribution < -0.4 is 18.9 Å². The van der Waals surface area contributed by atoms with Crippen molar-refractivity contribution in [1.29, 1.82) is 0 Å². The second-order valence-electron chi connectivity index (χ2n) is 16.2. The standard InChI is InChI=1S/2C25H26ClN5O5S/c2*1-16(24(36-4)19-11-10-18(26)14-28-19)37(32,33)15-22-29-30-25(17-7-6-12-27-13-17)31(22)23-20(34-2)8-5-9-21(23)35-3/h2*5-14,16,24H,15H2,1-4H3/t2*16-,24-/m10/s1. The number of hydrogen-bond donors (Lipinski definition) is 0. The lowest BCUT2D eigenvalue weighted by atomic mass is 10.2. The highest BCUT2D eigenvalue weighted by Crippen LogP contribution is 2.39. The van der Waals surface area contributed by atoms with Crippen molar-refractivity contribution in [2.24, 2.45) is 0 Å². The number of rotatable bonds is 20. The lowest BCUT2D eigenvalue weighted by Crippen LogP contribution is -2.29. The number of benzene rings is 2. The Labute approximate surface area is 438 Å². The molecule has 388 valence electrons. The Kier molecular flexibility index (Phi) is 18.0. The van der Waals surface area contributed by atoms with Crippen LogP contribution in [0.5, 0.6) is 23.0 Å². The average Bonchev–Trinajstić information content (AvgIpc) is 4.03. The van der Waals surface area contributed by atoms with Crippen molar-refractivity contribution in [2.75, 3.05) is 42.7 Å². The summed E-state index contributed by atoms with van der Waals surface area (Å²) < 4.78 is 91.5. The first-order valence-electron chi connectivity index (χ1n) is 22.4. The fraction of sp³-hybridized carbons (Fsp3) is 0.280. The Morgan fingerprint density at radius 1 is 0.486 bits per heavy atom. The van der Waals surface area contributed by atoms with E-state index in [0.29, 0.717) is 78.6 Å². The minimum Gasteiger partial charge on any atom is -0.494 e. The molecule has 0 aliphatic rings. The van der Waals surface area contributed by atoms with Gasteiger partial charge in [-0.05, 0) is 86.6 Å². The van der Waals surface area contributed by atoms with E-state index in [1.165, 1.54) is 55.1 Å². The van der Waals surface area contributed by atoms with Crippen LogP contribution in [0.2, 0.25) is 10.0 Å². The number of pyridine rings is 4. The predicted molar refractivity (Wildman–Crippen MR) is 278 cm³/mol. The zero-order valence-corrected chi connectivity index (χ0v) is 44.5. The maximum absolute atomic E-state index is 13.7. The van der Waals surface area contributed by atoms with Gasteiger partial charge in [-0.2, -0.15) is 0 Å². The van der Waals surface area contributed by atoms with Crippen LogP contribution in [0.25, 0.3) is 34.2 Å². The third-order valence-corrected chi connectivity index (χ3v) is 16.3. The minimum atomic E-state index is -3.84. The van der Waals surface area contributed by atoms with Crippen molar-refractivity contribution >= 4 is 42.9 Å². The summed E-state index contributed by atoms with van der Waals surface area (Å²) in [5.74, 6) is 2.07. The lowest BCUT2D eigenvalue weighted by Gasteiger charge is -2.23. The van der Waals surface area contributed by atoms with Crippen molar-refractivity contribution in [3.8, 4) is 57.1 Å². The maximum atomic E-state index is 13.7. The molecule has 8 aromatic rings. The molecule has 24 heteroatoms. The molecule has 0 aliphatic carbocycles. The predicted octanol–water partition coefficient (Wildman–Crippen LogP) is 8.17. The number of nitrogens with zero attached hydrogens (tertiary/aromatic N) is 10. The molecule has 20 nitrogen and oxygen atoms in total. The summed E-state index contributed by atoms with van der Waals surface area (Å²) in [5.41, 5.74) is 3.12. The third kappa shape index (κ3) is 12.0. The Balaban J connectivity index is 0.000000216. The molecule has 0 saturated heterocycles. The molecule has 0 N–H and O–H groups in total.